The lowest BCUT2D eigenvalue weighted by molar-refractivity contribution is 0.461. The van der Waals surface area contributed by atoms with E-state index in [1.165, 1.54) is 24.3 Å². The summed E-state index contributed by atoms with van der Waals surface area (Å²) in [7, 11) is -8.80. The van der Waals surface area contributed by atoms with Crippen molar-refractivity contribution >= 4 is 20.2 Å². The van der Waals surface area contributed by atoms with E-state index in [0.29, 0.717) is 11.1 Å². The molecule has 0 saturated carbocycles. The van der Waals surface area contributed by atoms with Crippen LogP contribution in [0.4, 0.5) is 0 Å². The van der Waals surface area contributed by atoms with Crippen molar-refractivity contribution in [1.82, 2.24) is 0 Å². The predicted octanol–water partition coefficient (Wildman–Crippen LogP) is 2.40. The van der Waals surface area contributed by atoms with Gasteiger partial charge in [-0.15, -0.1) is 3.63 Å². The fraction of sp³-hybridized carbons (Fsp3) is 0.143. The van der Waals surface area contributed by atoms with E-state index in [4.69, 9.17) is 0 Å². The average molecular weight is 326 g/mol. The first kappa shape index (κ1) is 15.7. The van der Waals surface area contributed by atoms with Crippen molar-refractivity contribution in [3.8, 4) is 0 Å². The molecule has 0 N–H and O–H groups in total. The predicted molar refractivity (Wildman–Crippen MR) is 77.8 cm³/mol. The smallest absolute Gasteiger partial charge is 0.193 e. The fourth-order valence-electron chi connectivity index (χ4n) is 1.87. The molecule has 0 aliphatic rings. The maximum Gasteiger partial charge on any atom is 0.311 e. The highest BCUT2D eigenvalue weighted by Crippen LogP contribution is 2.24. The molecule has 112 valence electrons. The first-order valence-corrected chi connectivity index (χ1v) is 8.88. The summed E-state index contributed by atoms with van der Waals surface area (Å²) in [4.78, 5) is -0.329. The van der Waals surface area contributed by atoms with Crippen LogP contribution < -0.4 is 0 Å². The van der Waals surface area contributed by atoms with Crippen LogP contribution in [0.5, 0.6) is 0 Å². The highest BCUT2D eigenvalue weighted by molar-refractivity contribution is 8.00. The summed E-state index contributed by atoms with van der Waals surface area (Å²) in [6.45, 7) is 3.13. The van der Waals surface area contributed by atoms with E-state index in [0.717, 1.165) is 0 Å². The van der Waals surface area contributed by atoms with Gasteiger partial charge in [0.05, 0.1) is 9.79 Å². The van der Waals surface area contributed by atoms with Gasteiger partial charge in [0.2, 0.25) is 0 Å². The lowest BCUT2D eigenvalue weighted by Crippen LogP contribution is -2.15. The van der Waals surface area contributed by atoms with Crippen LogP contribution in [-0.4, -0.2) is 16.8 Å². The minimum absolute atomic E-state index is 0.165. The molecular weight excluding hydrogens is 312 g/mol. The first-order valence-electron chi connectivity index (χ1n) is 6.06. The highest BCUT2D eigenvalue weighted by Gasteiger charge is 2.28. The summed E-state index contributed by atoms with van der Waals surface area (Å²) in [6.07, 6.45) is 0. The lowest BCUT2D eigenvalue weighted by atomic mass is 10.2. The van der Waals surface area contributed by atoms with Gasteiger partial charge in [-0.05, 0) is 37.1 Å². The molecule has 0 radical (unpaired) electrons. The van der Waals surface area contributed by atoms with Crippen LogP contribution in [-0.2, 0) is 23.9 Å². The second-order valence-electron chi connectivity index (χ2n) is 4.51. The SMILES string of the molecule is Cc1ccccc1S(=O)(=O)OS(=O)(=O)c1ccccc1C. The summed E-state index contributed by atoms with van der Waals surface area (Å²) in [5, 5.41) is 0. The van der Waals surface area contributed by atoms with Gasteiger partial charge in [0.25, 0.3) is 0 Å². The fourth-order valence-corrected chi connectivity index (χ4v) is 4.81. The molecule has 0 fully saturated rings. The topological polar surface area (TPSA) is 77.5 Å². The third-order valence-electron chi connectivity index (χ3n) is 2.91. The molecule has 21 heavy (non-hydrogen) atoms. The molecule has 0 aliphatic carbocycles. The van der Waals surface area contributed by atoms with Crippen molar-refractivity contribution in [3.63, 3.8) is 0 Å². The van der Waals surface area contributed by atoms with Crippen LogP contribution in [0.15, 0.2) is 58.3 Å². The molecule has 0 aromatic heterocycles. The van der Waals surface area contributed by atoms with Gasteiger partial charge < -0.3 is 0 Å². The van der Waals surface area contributed by atoms with Crippen LogP contribution in [0.2, 0.25) is 0 Å². The standard InChI is InChI=1S/C14H14O5S2/c1-11-7-3-5-9-13(11)20(15,16)19-21(17,18)14-10-6-4-8-12(14)2/h3-10H,1-2H3. The molecule has 0 saturated heterocycles. The van der Waals surface area contributed by atoms with Crippen LogP contribution >= 0.6 is 0 Å². The van der Waals surface area contributed by atoms with Crippen molar-refractivity contribution in [3.05, 3.63) is 59.7 Å². The van der Waals surface area contributed by atoms with Crippen molar-refractivity contribution < 1.29 is 20.5 Å². The third-order valence-corrected chi connectivity index (χ3v) is 6.33. The van der Waals surface area contributed by atoms with Crippen molar-refractivity contribution in [2.24, 2.45) is 0 Å². The zero-order chi connectivity index (χ0) is 15.7. The number of hydrogen-bond acceptors (Lipinski definition) is 5. The molecule has 0 atom stereocenters. The zero-order valence-electron chi connectivity index (χ0n) is 11.5. The minimum Gasteiger partial charge on any atom is -0.193 e. The van der Waals surface area contributed by atoms with Gasteiger partial charge in [-0.3, -0.25) is 0 Å². The molecule has 2 rings (SSSR count). The molecule has 0 spiro atoms. The van der Waals surface area contributed by atoms with Gasteiger partial charge in [0.15, 0.2) is 0 Å². The molecule has 0 aliphatic heterocycles. The number of hydrogen-bond donors (Lipinski definition) is 0. The summed E-state index contributed by atoms with van der Waals surface area (Å²) in [5.74, 6) is 0. The molecule has 2 aromatic carbocycles. The molecule has 7 heteroatoms. The van der Waals surface area contributed by atoms with Crippen LogP contribution in [0.25, 0.3) is 0 Å². The Hall–Kier alpha value is -1.70. The Bertz CT molecular complexity index is 794. The van der Waals surface area contributed by atoms with Gasteiger partial charge >= 0.3 is 20.2 Å². The monoisotopic (exact) mass is 326 g/mol. The van der Waals surface area contributed by atoms with Crippen LogP contribution in [0.3, 0.4) is 0 Å². The average Bonchev–Trinajstić information content (AvgIpc) is 2.38. The second kappa shape index (κ2) is 5.59. The maximum atomic E-state index is 12.2. The quantitative estimate of drug-likeness (QED) is 0.862. The maximum absolute atomic E-state index is 12.2. The number of aryl methyl sites for hydroxylation is 2. The second-order valence-corrected chi connectivity index (χ2v) is 7.75. The first-order chi connectivity index (χ1) is 9.74. The number of rotatable bonds is 4. The van der Waals surface area contributed by atoms with E-state index in [2.05, 4.69) is 3.63 Å². The summed E-state index contributed by atoms with van der Waals surface area (Å²) < 4.78 is 53.1. The minimum atomic E-state index is -4.40. The van der Waals surface area contributed by atoms with E-state index in [9.17, 15) is 16.8 Å². The Morgan fingerprint density at radius 3 is 1.33 bits per heavy atom. The molecule has 2 aromatic rings. The third kappa shape index (κ3) is 3.31. The molecular formula is C14H14O5S2. The van der Waals surface area contributed by atoms with Gasteiger partial charge in [0.1, 0.15) is 0 Å². The van der Waals surface area contributed by atoms with E-state index in [1.54, 1.807) is 38.1 Å². The van der Waals surface area contributed by atoms with E-state index in [-0.39, 0.29) is 9.79 Å². The molecule has 0 amide bonds. The van der Waals surface area contributed by atoms with Gasteiger partial charge in [-0.1, -0.05) is 36.4 Å². The normalized spacial score (nSPS) is 12.3. The van der Waals surface area contributed by atoms with E-state index >= 15 is 0 Å². The summed E-state index contributed by atoms with van der Waals surface area (Å²) in [5.41, 5.74) is 0.829. The van der Waals surface area contributed by atoms with Crippen LogP contribution in [0.1, 0.15) is 11.1 Å². The molecule has 5 nitrogen and oxygen atoms in total. The van der Waals surface area contributed by atoms with Crippen molar-refractivity contribution in [2.75, 3.05) is 0 Å². The Morgan fingerprint density at radius 2 is 1.00 bits per heavy atom. The highest BCUT2D eigenvalue weighted by atomic mass is 32.3. The van der Waals surface area contributed by atoms with Gasteiger partial charge in [0, 0.05) is 0 Å². The van der Waals surface area contributed by atoms with E-state index < -0.39 is 20.2 Å². The largest absolute Gasteiger partial charge is 0.311 e. The van der Waals surface area contributed by atoms with Crippen molar-refractivity contribution in [2.45, 2.75) is 23.6 Å². The zero-order valence-corrected chi connectivity index (χ0v) is 13.1. The van der Waals surface area contributed by atoms with Gasteiger partial charge in [-0.2, -0.15) is 16.8 Å². The lowest BCUT2D eigenvalue weighted by Gasteiger charge is -2.09. The van der Waals surface area contributed by atoms with Crippen LogP contribution in [0, 0.1) is 13.8 Å². The molecule has 0 heterocycles. The number of benzene rings is 2. The Morgan fingerprint density at radius 1 is 0.667 bits per heavy atom. The Kier molecular flexibility index (Phi) is 4.18. The molecule has 0 bridgehead atoms. The summed E-state index contributed by atoms with van der Waals surface area (Å²) >= 11 is 0. The van der Waals surface area contributed by atoms with Crippen molar-refractivity contribution in [1.29, 1.82) is 0 Å². The Balaban J connectivity index is 2.46. The van der Waals surface area contributed by atoms with E-state index in [1.807, 2.05) is 0 Å². The van der Waals surface area contributed by atoms with Gasteiger partial charge in [-0.25, -0.2) is 0 Å². The summed E-state index contributed by atoms with van der Waals surface area (Å²) in [6, 6.07) is 12.1. The Labute approximate surface area is 124 Å². The molecule has 0 unspecified atom stereocenters.